The van der Waals surface area contributed by atoms with Crippen LogP contribution in [-0.4, -0.2) is 61.0 Å². The zero-order valence-corrected chi connectivity index (χ0v) is 13.0. The van der Waals surface area contributed by atoms with Gasteiger partial charge in [-0.3, -0.25) is 4.79 Å². The molecule has 1 aromatic heterocycles. The maximum absolute atomic E-state index is 11.7. The number of nitrogens with zero attached hydrogens (tertiary/aromatic N) is 3. The summed E-state index contributed by atoms with van der Waals surface area (Å²) >= 11 is 0. The molecule has 0 atom stereocenters. The molecule has 1 aromatic rings. The van der Waals surface area contributed by atoms with E-state index in [4.69, 9.17) is 0 Å². The van der Waals surface area contributed by atoms with Crippen LogP contribution < -0.4 is 5.32 Å². The lowest BCUT2D eigenvalue weighted by Gasteiger charge is -2.17. The zero-order chi connectivity index (χ0) is 15.0. The lowest BCUT2D eigenvalue weighted by molar-refractivity contribution is 0.0827. The average Bonchev–Trinajstić information content (AvgIpc) is 2.47. The zero-order valence-electron chi connectivity index (χ0n) is 13.0. The van der Waals surface area contributed by atoms with Crippen LogP contribution in [0.1, 0.15) is 30.6 Å². The summed E-state index contributed by atoms with van der Waals surface area (Å²) in [6, 6.07) is 3.66. The van der Waals surface area contributed by atoms with Crippen LogP contribution >= 0.6 is 0 Å². The van der Waals surface area contributed by atoms with Crippen LogP contribution in [0, 0.1) is 0 Å². The molecule has 0 aliphatic carbocycles. The molecule has 1 amide bonds. The number of carbonyl (C=O) groups excluding carboxylic acids is 1. The van der Waals surface area contributed by atoms with Gasteiger partial charge in [-0.1, -0.05) is 13.8 Å². The first-order valence-corrected chi connectivity index (χ1v) is 7.22. The molecule has 5 nitrogen and oxygen atoms in total. The van der Waals surface area contributed by atoms with Gasteiger partial charge >= 0.3 is 0 Å². The van der Waals surface area contributed by atoms with Gasteiger partial charge in [-0.25, -0.2) is 4.98 Å². The van der Waals surface area contributed by atoms with Crippen molar-refractivity contribution in [1.82, 2.24) is 14.8 Å². The predicted molar refractivity (Wildman–Crippen MR) is 83.1 cm³/mol. The van der Waals surface area contributed by atoms with Crippen LogP contribution in [0.3, 0.4) is 0 Å². The highest BCUT2D eigenvalue weighted by atomic mass is 16.2. The summed E-state index contributed by atoms with van der Waals surface area (Å²) in [6.45, 7) is 8.53. The summed E-state index contributed by atoms with van der Waals surface area (Å²) in [5.41, 5.74) is 0.615. The second-order valence-corrected chi connectivity index (χ2v) is 4.94. The number of amides is 1. The maximum Gasteiger partial charge on any atom is 0.254 e. The molecule has 5 heteroatoms. The van der Waals surface area contributed by atoms with Gasteiger partial charge in [0, 0.05) is 26.8 Å². The van der Waals surface area contributed by atoms with Crippen LogP contribution in [-0.2, 0) is 0 Å². The summed E-state index contributed by atoms with van der Waals surface area (Å²) in [6.07, 6.45) is 2.71. The number of hydrogen-bond acceptors (Lipinski definition) is 4. The molecular weight excluding hydrogens is 252 g/mol. The van der Waals surface area contributed by atoms with Crippen molar-refractivity contribution in [2.24, 2.45) is 0 Å². The van der Waals surface area contributed by atoms with E-state index in [0.29, 0.717) is 5.56 Å². The topological polar surface area (TPSA) is 48.5 Å². The van der Waals surface area contributed by atoms with Gasteiger partial charge in [-0.15, -0.1) is 0 Å². The Bertz CT molecular complexity index is 399. The van der Waals surface area contributed by atoms with E-state index >= 15 is 0 Å². The SMILES string of the molecule is CCN(CC)CCCNc1ccc(C(=O)N(C)C)cn1. The van der Waals surface area contributed by atoms with E-state index < -0.39 is 0 Å². The van der Waals surface area contributed by atoms with Crippen molar-refractivity contribution in [3.05, 3.63) is 23.9 Å². The molecule has 112 valence electrons. The lowest BCUT2D eigenvalue weighted by Crippen LogP contribution is -2.25. The van der Waals surface area contributed by atoms with Gasteiger partial charge in [0.2, 0.25) is 0 Å². The van der Waals surface area contributed by atoms with Crippen molar-refractivity contribution in [1.29, 1.82) is 0 Å². The molecule has 0 spiro atoms. The van der Waals surface area contributed by atoms with Gasteiger partial charge < -0.3 is 15.1 Å². The Hall–Kier alpha value is -1.62. The summed E-state index contributed by atoms with van der Waals surface area (Å²) < 4.78 is 0. The smallest absolute Gasteiger partial charge is 0.254 e. The number of carbonyl (C=O) groups is 1. The van der Waals surface area contributed by atoms with E-state index in [1.54, 1.807) is 25.2 Å². The molecule has 0 bridgehead atoms. The van der Waals surface area contributed by atoms with Gasteiger partial charge in [-0.05, 0) is 38.2 Å². The summed E-state index contributed by atoms with van der Waals surface area (Å²) in [5.74, 6) is 0.797. The highest BCUT2D eigenvalue weighted by Crippen LogP contribution is 2.06. The largest absolute Gasteiger partial charge is 0.370 e. The third kappa shape index (κ3) is 5.17. The first-order valence-electron chi connectivity index (χ1n) is 7.22. The van der Waals surface area contributed by atoms with E-state index in [1.165, 1.54) is 0 Å². The quantitative estimate of drug-likeness (QED) is 0.738. The van der Waals surface area contributed by atoms with Crippen molar-refractivity contribution in [3.63, 3.8) is 0 Å². The Labute approximate surface area is 122 Å². The van der Waals surface area contributed by atoms with Gasteiger partial charge in [-0.2, -0.15) is 0 Å². The molecule has 1 rings (SSSR count). The molecule has 0 saturated carbocycles. The highest BCUT2D eigenvalue weighted by molar-refractivity contribution is 5.93. The van der Waals surface area contributed by atoms with E-state index in [9.17, 15) is 4.79 Å². The number of nitrogens with one attached hydrogen (secondary N) is 1. The van der Waals surface area contributed by atoms with Crippen molar-refractivity contribution >= 4 is 11.7 Å². The van der Waals surface area contributed by atoms with Crippen LogP contribution in [0.2, 0.25) is 0 Å². The van der Waals surface area contributed by atoms with E-state index in [-0.39, 0.29) is 5.91 Å². The second kappa shape index (κ2) is 8.53. The molecule has 1 heterocycles. The Balaban J connectivity index is 2.37. The van der Waals surface area contributed by atoms with Gasteiger partial charge in [0.05, 0.1) is 5.56 Å². The van der Waals surface area contributed by atoms with Crippen LogP contribution in [0.25, 0.3) is 0 Å². The van der Waals surface area contributed by atoms with Gasteiger partial charge in [0.1, 0.15) is 5.82 Å². The molecule has 0 unspecified atom stereocenters. The van der Waals surface area contributed by atoms with Crippen molar-refractivity contribution in [3.8, 4) is 0 Å². The second-order valence-electron chi connectivity index (χ2n) is 4.94. The minimum atomic E-state index is -0.0226. The van der Waals surface area contributed by atoms with E-state index in [0.717, 1.165) is 38.4 Å². The molecule has 0 radical (unpaired) electrons. The molecule has 0 aliphatic rings. The minimum absolute atomic E-state index is 0.0226. The Kier molecular flexibility index (Phi) is 7.01. The fraction of sp³-hybridized carbons (Fsp3) is 0.600. The maximum atomic E-state index is 11.7. The summed E-state index contributed by atoms with van der Waals surface area (Å²) in [5, 5.41) is 3.28. The highest BCUT2D eigenvalue weighted by Gasteiger charge is 2.07. The lowest BCUT2D eigenvalue weighted by atomic mass is 10.2. The summed E-state index contributed by atoms with van der Waals surface area (Å²) in [7, 11) is 3.48. The predicted octanol–water partition coefficient (Wildman–Crippen LogP) is 1.93. The fourth-order valence-corrected chi connectivity index (χ4v) is 1.94. The number of hydrogen-bond donors (Lipinski definition) is 1. The number of anilines is 1. The first kappa shape index (κ1) is 16.4. The molecular formula is C15H26N4O. The monoisotopic (exact) mass is 278 g/mol. The van der Waals surface area contributed by atoms with Crippen molar-refractivity contribution in [2.45, 2.75) is 20.3 Å². The molecule has 20 heavy (non-hydrogen) atoms. The normalized spacial score (nSPS) is 10.7. The van der Waals surface area contributed by atoms with Crippen molar-refractivity contribution in [2.75, 3.05) is 45.6 Å². The summed E-state index contributed by atoms with van der Waals surface area (Å²) in [4.78, 5) is 19.9. The minimum Gasteiger partial charge on any atom is -0.370 e. The average molecular weight is 278 g/mol. The Morgan fingerprint density at radius 2 is 1.95 bits per heavy atom. The Morgan fingerprint density at radius 3 is 2.45 bits per heavy atom. The standard InChI is InChI=1S/C15H26N4O/c1-5-19(6-2)11-7-10-16-14-9-8-13(12-17-14)15(20)18(3)4/h8-9,12H,5-7,10-11H2,1-4H3,(H,16,17). The molecule has 0 aliphatic heterocycles. The molecule has 0 fully saturated rings. The van der Waals surface area contributed by atoms with Crippen molar-refractivity contribution < 1.29 is 4.79 Å². The van der Waals surface area contributed by atoms with Gasteiger partial charge in [0.15, 0.2) is 0 Å². The number of pyridine rings is 1. The molecule has 0 saturated heterocycles. The van der Waals surface area contributed by atoms with Crippen LogP contribution in [0.4, 0.5) is 5.82 Å². The third-order valence-corrected chi connectivity index (χ3v) is 3.27. The third-order valence-electron chi connectivity index (χ3n) is 3.27. The van der Waals surface area contributed by atoms with Crippen LogP contribution in [0.15, 0.2) is 18.3 Å². The van der Waals surface area contributed by atoms with E-state index in [1.807, 2.05) is 12.1 Å². The van der Waals surface area contributed by atoms with Gasteiger partial charge in [0.25, 0.3) is 5.91 Å². The van der Waals surface area contributed by atoms with E-state index in [2.05, 4.69) is 29.0 Å². The van der Waals surface area contributed by atoms with Crippen LogP contribution in [0.5, 0.6) is 0 Å². The Morgan fingerprint density at radius 1 is 1.25 bits per heavy atom. The first-order chi connectivity index (χ1) is 9.58. The number of rotatable bonds is 8. The fourth-order valence-electron chi connectivity index (χ4n) is 1.94. The molecule has 1 N–H and O–H groups in total. The molecule has 0 aromatic carbocycles. The number of aromatic nitrogens is 1.